The highest BCUT2D eigenvalue weighted by Gasteiger charge is 2.27. The molecule has 0 spiro atoms. The molecule has 1 amide bonds. The number of hydrogen-bond acceptors (Lipinski definition) is 4. The van der Waals surface area contributed by atoms with Crippen LogP contribution in [0.5, 0.6) is 0 Å². The van der Waals surface area contributed by atoms with Gasteiger partial charge in [-0.15, -0.1) is 0 Å². The number of carbonyl (C=O) groups excluding carboxylic acids is 2. The van der Waals surface area contributed by atoms with Crippen LogP contribution in [0.15, 0.2) is 48.7 Å². The lowest BCUT2D eigenvalue weighted by atomic mass is 9.84. The van der Waals surface area contributed by atoms with Gasteiger partial charge < -0.3 is 10.4 Å². The van der Waals surface area contributed by atoms with E-state index in [1.165, 1.54) is 6.20 Å². The van der Waals surface area contributed by atoms with Crippen molar-refractivity contribution in [2.75, 3.05) is 13.2 Å². The minimum Gasteiger partial charge on any atom is -0.396 e. The number of amides is 1. The summed E-state index contributed by atoms with van der Waals surface area (Å²) in [7, 11) is 0. The number of aliphatic hydroxyl groups excluding tert-OH is 1. The van der Waals surface area contributed by atoms with E-state index in [-0.39, 0.29) is 18.3 Å². The average molecular weight is 332 g/mol. The second-order valence-corrected chi connectivity index (χ2v) is 5.96. The first-order valence-corrected chi connectivity index (χ1v) is 8.17. The summed E-state index contributed by atoms with van der Waals surface area (Å²) < 4.78 is 0. The number of benzene rings is 2. The van der Waals surface area contributed by atoms with Crippen LogP contribution in [-0.4, -0.2) is 34.9 Å². The Morgan fingerprint density at radius 3 is 2.60 bits per heavy atom. The van der Waals surface area contributed by atoms with Crippen LogP contribution in [0, 0.1) is 0 Å². The van der Waals surface area contributed by atoms with Gasteiger partial charge in [-0.3, -0.25) is 14.6 Å². The average Bonchev–Trinajstić information content (AvgIpc) is 2.65. The van der Waals surface area contributed by atoms with Crippen LogP contribution in [0.3, 0.4) is 0 Å². The number of rotatable bonds is 4. The van der Waals surface area contributed by atoms with E-state index in [4.69, 9.17) is 5.11 Å². The van der Waals surface area contributed by atoms with Crippen LogP contribution in [0.1, 0.15) is 32.8 Å². The first kappa shape index (κ1) is 15.5. The number of nitrogens with zero attached hydrogens (tertiary/aromatic N) is 1. The standard InChI is InChI=1S/C20H16N2O3/c23-10-4-9-21-20(25)16-11-22-18-17-13(7-3-8-14(16)17)12-5-1-2-6-15(12)19(18)24/h1-3,5-8,11,23H,4,9-10H2,(H,21,25). The van der Waals surface area contributed by atoms with Crippen molar-refractivity contribution < 1.29 is 14.7 Å². The lowest BCUT2D eigenvalue weighted by Gasteiger charge is -2.20. The molecule has 4 rings (SSSR count). The monoisotopic (exact) mass is 332 g/mol. The number of aliphatic hydroxyl groups is 1. The fourth-order valence-electron chi connectivity index (χ4n) is 3.29. The molecule has 5 heteroatoms. The fraction of sp³-hybridized carbons (Fsp3) is 0.150. The number of aromatic nitrogens is 1. The van der Waals surface area contributed by atoms with Crippen LogP contribution in [0.25, 0.3) is 21.9 Å². The normalized spacial score (nSPS) is 12.1. The summed E-state index contributed by atoms with van der Waals surface area (Å²) >= 11 is 0. The van der Waals surface area contributed by atoms with E-state index in [1.54, 1.807) is 6.07 Å². The first-order chi connectivity index (χ1) is 12.2. The molecule has 124 valence electrons. The van der Waals surface area contributed by atoms with Gasteiger partial charge in [-0.25, -0.2) is 0 Å². The largest absolute Gasteiger partial charge is 0.396 e. The SMILES string of the molecule is O=C(NCCCO)c1cnc2c3c(cccc13)-c1ccccc1C2=O. The second-order valence-electron chi connectivity index (χ2n) is 5.96. The number of ketones is 1. The van der Waals surface area contributed by atoms with Gasteiger partial charge in [0, 0.05) is 30.3 Å². The molecule has 3 aromatic rings. The van der Waals surface area contributed by atoms with Gasteiger partial charge >= 0.3 is 0 Å². The van der Waals surface area contributed by atoms with E-state index in [0.717, 1.165) is 16.5 Å². The zero-order chi connectivity index (χ0) is 17.4. The Morgan fingerprint density at radius 2 is 1.80 bits per heavy atom. The summed E-state index contributed by atoms with van der Waals surface area (Å²) in [6.07, 6.45) is 1.95. The number of hydrogen-bond donors (Lipinski definition) is 2. The molecule has 25 heavy (non-hydrogen) atoms. The molecule has 0 radical (unpaired) electrons. The minimum absolute atomic E-state index is 0.0215. The maximum atomic E-state index is 12.8. The summed E-state index contributed by atoms with van der Waals surface area (Å²) in [5.41, 5.74) is 3.24. The lowest BCUT2D eigenvalue weighted by molar-refractivity contribution is 0.0950. The smallest absolute Gasteiger partial charge is 0.253 e. The van der Waals surface area contributed by atoms with E-state index in [9.17, 15) is 9.59 Å². The van der Waals surface area contributed by atoms with Crippen molar-refractivity contribution in [3.05, 3.63) is 65.5 Å². The van der Waals surface area contributed by atoms with Crippen molar-refractivity contribution in [1.82, 2.24) is 10.3 Å². The Balaban J connectivity index is 1.91. The molecule has 2 N–H and O–H groups in total. The molecule has 0 unspecified atom stereocenters. The Hall–Kier alpha value is -3.05. The molecule has 2 aromatic carbocycles. The number of pyridine rings is 1. The third-order valence-corrected chi connectivity index (χ3v) is 4.46. The van der Waals surface area contributed by atoms with Gasteiger partial charge in [-0.2, -0.15) is 0 Å². The quantitative estimate of drug-likeness (QED) is 0.563. The zero-order valence-electron chi connectivity index (χ0n) is 13.5. The summed E-state index contributed by atoms with van der Waals surface area (Å²) in [4.78, 5) is 29.6. The van der Waals surface area contributed by atoms with Gasteiger partial charge in [0.2, 0.25) is 5.78 Å². The molecule has 5 nitrogen and oxygen atoms in total. The van der Waals surface area contributed by atoms with E-state index < -0.39 is 0 Å². The predicted octanol–water partition coefficient (Wildman–Crippen LogP) is 2.56. The van der Waals surface area contributed by atoms with Gasteiger partial charge in [0.1, 0.15) is 5.69 Å². The van der Waals surface area contributed by atoms with Crippen molar-refractivity contribution in [1.29, 1.82) is 0 Å². The topological polar surface area (TPSA) is 79.3 Å². The van der Waals surface area contributed by atoms with Crippen LogP contribution in [0.2, 0.25) is 0 Å². The molecule has 1 aliphatic carbocycles. The number of carbonyl (C=O) groups is 2. The number of fused-ring (bicyclic) bond motifs is 2. The molecule has 1 heterocycles. The van der Waals surface area contributed by atoms with Gasteiger partial charge in [0.15, 0.2) is 0 Å². The molecular weight excluding hydrogens is 316 g/mol. The summed E-state index contributed by atoms with van der Waals surface area (Å²) in [5.74, 6) is -0.373. The predicted molar refractivity (Wildman–Crippen MR) is 94.6 cm³/mol. The van der Waals surface area contributed by atoms with Crippen molar-refractivity contribution in [3.8, 4) is 11.1 Å². The maximum absolute atomic E-state index is 12.8. The molecule has 0 fully saturated rings. The summed E-state index contributed by atoms with van der Waals surface area (Å²) in [5, 5.41) is 13.1. The maximum Gasteiger partial charge on any atom is 0.253 e. The second kappa shape index (κ2) is 6.11. The molecule has 0 saturated heterocycles. The highest BCUT2D eigenvalue weighted by Crippen LogP contribution is 2.39. The van der Waals surface area contributed by atoms with Crippen LogP contribution < -0.4 is 5.32 Å². The van der Waals surface area contributed by atoms with Crippen LogP contribution in [-0.2, 0) is 0 Å². The highest BCUT2D eigenvalue weighted by atomic mass is 16.3. The van der Waals surface area contributed by atoms with Crippen LogP contribution >= 0.6 is 0 Å². The Labute approximate surface area is 144 Å². The molecule has 0 saturated carbocycles. The van der Waals surface area contributed by atoms with Gasteiger partial charge in [-0.05, 0) is 22.9 Å². The van der Waals surface area contributed by atoms with Gasteiger partial charge in [-0.1, -0.05) is 42.5 Å². The van der Waals surface area contributed by atoms with Crippen molar-refractivity contribution >= 4 is 22.5 Å². The van der Waals surface area contributed by atoms with E-state index in [0.29, 0.717) is 35.2 Å². The fourth-order valence-corrected chi connectivity index (χ4v) is 3.29. The van der Waals surface area contributed by atoms with Crippen molar-refractivity contribution in [2.24, 2.45) is 0 Å². The molecule has 1 aliphatic rings. The molecule has 0 aliphatic heterocycles. The first-order valence-electron chi connectivity index (χ1n) is 8.17. The van der Waals surface area contributed by atoms with E-state index in [2.05, 4.69) is 10.3 Å². The van der Waals surface area contributed by atoms with Gasteiger partial charge in [0.25, 0.3) is 5.91 Å². The Bertz CT molecular complexity index is 1010. The third-order valence-electron chi connectivity index (χ3n) is 4.46. The molecular formula is C20H16N2O3. The van der Waals surface area contributed by atoms with Gasteiger partial charge in [0.05, 0.1) is 5.56 Å². The molecule has 0 atom stereocenters. The number of nitrogens with one attached hydrogen (secondary N) is 1. The molecule has 0 bridgehead atoms. The lowest BCUT2D eigenvalue weighted by Crippen LogP contribution is -2.26. The minimum atomic E-state index is -0.254. The van der Waals surface area contributed by atoms with Crippen molar-refractivity contribution in [2.45, 2.75) is 6.42 Å². The van der Waals surface area contributed by atoms with Crippen molar-refractivity contribution in [3.63, 3.8) is 0 Å². The molecule has 1 aromatic heterocycles. The van der Waals surface area contributed by atoms with Crippen LogP contribution in [0.4, 0.5) is 0 Å². The van der Waals surface area contributed by atoms with E-state index >= 15 is 0 Å². The summed E-state index contributed by atoms with van der Waals surface area (Å²) in [6.45, 7) is 0.410. The summed E-state index contributed by atoms with van der Waals surface area (Å²) in [6, 6.07) is 13.1. The Morgan fingerprint density at radius 1 is 1.04 bits per heavy atom. The Kier molecular flexibility index (Phi) is 3.78. The highest BCUT2D eigenvalue weighted by molar-refractivity contribution is 6.26. The third kappa shape index (κ3) is 2.40. The zero-order valence-corrected chi connectivity index (χ0v) is 13.5. The van der Waals surface area contributed by atoms with E-state index in [1.807, 2.05) is 36.4 Å².